The first kappa shape index (κ1) is 12.5. The molecule has 2 aromatic heterocycles. The van der Waals surface area contributed by atoms with Crippen molar-refractivity contribution >= 4 is 33.2 Å². The number of ether oxygens (including phenoxy) is 1. The van der Waals surface area contributed by atoms with Crippen LogP contribution in [0.3, 0.4) is 0 Å². The molecule has 3 aromatic rings. The van der Waals surface area contributed by atoms with Crippen molar-refractivity contribution in [2.75, 3.05) is 0 Å². The van der Waals surface area contributed by atoms with Crippen molar-refractivity contribution in [3.8, 4) is 5.75 Å². The highest BCUT2D eigenvalue weighted by Crippen LogP contribution is 2.26. The molecule has 2 heterocycles. The van der Waals surface area contributed by atoms with Crippen molar-refractivity contribution < 1.29 is 4.74 Å². The zero-order valence-corrected chi connectivity index (χ0v) is 12.0. The molecule has 96 valence electrons. The molecular weight excluding hydrogens is 278 g/mol. The van der Waals surface area contributed by atoms with Gasteiger partial charge < -0.3 is 4.74 Å². The third kappa shape index (κ3) is 2.72. The van der Waals surface area contributed by atoms with E-state index in [1.54, 1.807) is 11.3 Å². The van der Waals surface area contributed by atoms with Crippen LogP contribution in [0.4, 0.5) is 0 Å². The molecule has 4 heteroatoms. The van der Waals surface area contributed by atoms with Gasteiger partial charge in [-0.1, -0.05) is 17.7 Å². The maximum Gasteiger partial charge on any atom is 0.138 e. The van der Waals surface area contributed by atoms with Crippen molar-refractivity contribution in [1.82, 2.24) is 4.98 Å². The minimum absolute atomic E-state index is 0.425. The van der Waals surface area contributed by atoms with Crippen LogP contribution in [0.25, 0.3) is 10.2 Å². The second-order valence-electron chi connectivity index (χ2n) is 4.33. The van der Waals surface area contributed by atoms with E-state index in [9.17, 15) is 0 Å². The standard InChI is InChI=1S/C15H12ClNOS/c1-10-2-4-14(12(16)8-10)18-9-11-3-5-15-13(17-11)6-7-19-15/h2-8H,9H2,1H3. The van der Waals surface area contributed by atoms with Gasteiger partial charge in [-0.25, -0.2) is 4.98 Å². The number of fused-ring (bicyclic) bond motifs is 1. The smallest absolute Gasteiger partial charge is 0.138 e. The van der Waals surface area contributed by atoms with Gasteiger partial charge in [-0.2, -0.15) is 0 Å². The number of aromatic nitrogens is 1. The Kier molecular flexibility index (Phi) is 3.40. The molecule has 0 spiro atoms. The number of rotatable bonds is 3. The lowest BCUT2D eigenvalue weighted by Gasteiger charge is -2.08. The maximum atomic E-state index is 6.13. The molecule has 0 bridgehead atoms. The van der Waals surface area contributed by atoms with Crippen LogP contribution in [0.2, 0.25) is 5.02 Å². The van der Waals surface area contributed by atoms with Crippen LogP contribution in [0.1, 0.15) is 11.3 Å². The Morgan fingerprint density at radius 2 is 2.11 bits per heavy atom. The zero-order valence-electron chi connectivity index (χ0n) is 10.4. The maximum absolute atomic E-state index is 6.13. The van der Waals surface area contributed by atoms with Gasteiger partial charge in [0.1, 0.15) is 12.4 Å². The summed E-state index contributed by atoms with van der Waals surface area (Å²) in [6.07, 6.45) is 0. The summed E-state index contributed by atoms with van der Waals surface area (Å²) in [6.45, 7) is 2.43. The minimum Gasteiger partial charge on any atom is -0.486 e. The van der Waals surface area contributed by atoms with Gasteiger partial charge in [0.15, 0.2) is 0 Å². The Hall–Kier alpha value is -1.58. The Balaban J connectivity index is 1.77. The van der Waals surface area contributed by atoms with Gasteiger partial charge in [0.25, 0.3) is 0 Å². The summed E-state index contributed by atoms with van der Waals surface area (Å²) >= 11 is 7.82. The van der Waals surface area contributed by atoms with Crippen molar-refractivity contribution in [2.24, 2.45) is 0 Å². The lowest BCUT2D eigenvalue weighted by atomic mass is 10.2. The Morgan fingerprint density at radius 1 is 1.21 bits per heavy atom. The fraction of sp³-hybridized carbons (Fsp3) is 0.133. The Labute approximate surface area is 120 Å². The molecule has 0 fully saturated rings. The molecule has 0 saturated heterocycles. The van der Waals surface area contributed by atoms with E-state index in [-0.39, 0.29) is 0 Å². The van der Waals surface area contributed by atoms with Crippen molar-refractivity contribution in [3.05, 3.63) is 58.1 Å². The van der Waals surface area contributed by atoms with Crippen LogP contribution >= 0.6 is 22.9 Å². The molecule has 0 N–H and O–H groups in total. The second kappa shape index (κ2) is 5.19. The fourth-order valence-electron chi connectivity index (χ4n) is 1.85. The Morgan fingerprint density at radius 3 is 2.95 bits per heavy atom. The molecule has 1 aromatic carbocycles. The lowest BCUT2D eigenvalue weighted by Crippen LogP contribution is -1.98. The summed E-state index contributed by atoms with van der Waals surface area (Å²) in [6, 6.07) is 11.8. The number of halogens is 1. The van der Waals surface area contributed by atoms with Crippen molar-refractivity contribution in [1.29, 1.82) is 0 Å². The number of hydrogen-bond acceptors (Lipinski definition) is 3. The van der Waals surface area contributed by atoms with E-state index in [1.807, 2.05) is 42.6 Å². The van der Waals surface area contributed by atoms with Crippen LogP contribution in [-0.4, -0.2) is 4.98 Å². The molecule has 0 saturated carbocycles. The third-order valence-corrected chi connectivity index (χ3v) is 3.99. The topological polar surface area (TPSA) is 22.1 Å². The molecule has 0 aliphatic rings. The largest absolute Gasteiger partial charge is 0.486 e. The molecule has 2 nitrogen and oxygen atoms in total. The minimum atomic E-state index is 0.425. The van der Waals surface area contributed by atoms with Gasteiger partial charge in [0, 0.05) is 0 Å². The highest BCUT2D eigenvalue weighted by molar-refractivity contribution is 7.17. The van der Waals surface area contributed by atoms with Crippen LogP contribution in [0.15, 0.2) is 41.8 Å². The molecule has 3 rings (SSSR count). The number of nitrogens with zero attached hydrogens (tertiary/aromatic N) is 1. The van der Waals surface area contributed by atoms with Crippen molar-refractivity contribution in [2.45, 2.75) is 13.5 Å². The summed E-state index contributed by atoms with van der Waals surface area (Å²) in [5.41, 5.74) is 3.04. The number of thiophene rings is 1. The molecule has 0 radical (unpaired) electrons. The monoisotopic (exact) mass is 289 g/mol. The first-order chi connectivity index (χ1) is 9.22. The SMILES string of the molecule is Cc1ccc(OCc2ccc3sccc3n2)c(Cl)c1. The van der Waals surface area contributed by atoms with E-state index in [2.05, 4.69) is 11.1 Å². The highest BCUT2D eigenvalue weighted by atomic mass is 35.5. The zero-order chi connectivity index (χ0) is 13.2. The average molecular weight is 290 g/mol. The predicted molar refractivity (Wildman–Crippen MR) is 80.1 cm³/mol. The summed E-state index contributed by atoms with van der Waals surface area (Å²) in [4.78, 5) is 4.54. The van der Waals surface area contributed by atoms with E-state index in [1.165, 1.54) is 4.70 Å². The number of aryl methyl sites for hydroxylation is 1. The third-order valence-electron chi connectivity index (χ3n) is 2.83. The molecular formula is C15H12ClNOS. The fourth-order valence-corrected chi connectivity index (χ4v) is 2.86. The van der Waals surface area contributed by atoms with Gasteiger partial charge in [0.05, 0.1) is 20.9 Å². The Bertz CT molecular complexity index is 723. The first-order valence-electron chi connectivity index (χ1n) is 5.94. The molecule has 0 aliphatic carbocycles. The van der Waals surface area contributed by atoms with Crippen LogP contribution < -0.4 is 4.74 Å². The van der Waals surface area contributed by atoms with E-state index < -0.39 is 0 Å². The van der Waals surface area contributed by atoms with Crippen LogP contribution in [0, 0.1) is 6.92 Å². The average Bonchev–Trinajstić information content (AvgIpc) is 2.85. The van der Waals surface area contributed by atoms with Gasteiger partial charge in [0.2, 0.25) is 0 Å². The lowest BCUT2D eigenvalue weighted by molar-refractivity contribution is 0.302. The molecule has 0 aliphatic heterocycles. The summed E-state index contributed by atoms with van der Waals surface area (Å²) in [5, 5.41) is 2.68. The van der Waals surface area contributed by atoms with Gasteiger partial charge in [-0.15, -0.1) is 11.3 Å². The second-order valence-corrected chi connectivity index (χ2v) is 5.68. The van der Waals surface area contributed by atoms with E-state index >= 15 is 0 Å². The molecule has 0 unspecified atom stereocenters. The number of hydrogen-bond donors (Lipinski definition) is 0. The number of benzene rings is 1. The van der Waals surface area contributed by atoms with Gasteiger partial charge in [-0.05, 0) is 48.2 Å². The van der Waals surface area contributed by atoms with E-state index in [0.29, 0.717) is 17.4 Å². The number of pyridine rings is 1. The van der Waals surface area contributed by atoms with E-state index in [4.69, 9.17) is 16.3 Å². The van der Waals surface area contributed by atoms with Gasteiger partial charge >= 0.3 is 0 Å². The quantitative estimate of drug-likeness (QED) is 0.688. The van der Waals surface area contributed by atoms with E-state index in [0.717, 1.165) is 16.8 Å². The molecule has 0 atom stereocenters. The van der Waals surface area contributed by atoms with Crippen LogP contribution in [0.5, 0.6) is 5.75 Å². The summed E-state index contributed by atoms with van der Waals surface area (Å²) in [5.74, 6) is 0.694. The van der Waals surface area contributed by atoms with Crippen LogP contribution in [-0.2, 0) is 6.61 Å². The summed E-state index contributed by atoms with van der Waals surface area (Å²) in [7, 11) is 0. The first-order valence-corrected chi connectivity index (χ1v) is 7.20. The molecule has 19 heavy (non-hydrogen) atoms. The highest BCUT2D eigenvalue weighted by Gasteiger charge is 2.04. The normalized spacial score (nSPS) is 10.8. The summed E-state index contributed by atoms with van der Waals surface area (Å²) < 4.78 is 6.90. The predicted octanol–water partition coefficient (Wildman–Crippen LogP) is 4.84. The molecule has 0 amide bonds. The van der Waals surface area contributed by atoms with Gasteiger partial charge in [-0.3, -0.25) is 0 Å². The van der Waals surface area contributed by atoms with Crippen molar-refractivity contribution in [3.63, 3.8) is 0 Å².